The van der Waals surface area contributed by atoms with Gasteiger partial charge in [-0.15, -0.1) is 11.3 Å². The summed E-state index contributed by atoms with van der Waals surface area (Å²) in [5.74, 6) is 0. The molecule has 0 fully saturated rings. The molecule has 0 saturated carbocycles. The van der Waals surface area contributed by atoms with Crippen LogP contribution < -0.4 is 0 Å². The third-order valence-corrected chi connectivity index (χ3v) is 10.8. The minimum absolute atomic E-state index is 0.910. The van der Waals surface area contributed by atoms with Gasteiger partial charge in [0.15, 0.2) is 0 Å². The van der Waals surface area contributed by atoms with Gasteiger partial charge < -0.3 is 13.6 Å². The molecule has 0 unspecified atom stereocenters. The molecule has 0 N–H and O–H groups in total. The first-order chi connectivity index (χ1) is 22.8. The van der Waals surface area contributed by atoms with Crippen LogP contribution in [0.5, 0.6) is 0 Å². The van der Waals surface area contributed by atoms with Crippen LogP contribution in [0.4, 0.5) is 0 Å². The van der Waals surface area contributed by atoms with E-state index < -0.39 is 0 Å². The van der Waals surface area contributed by atoms with Crippen molar-refractivity contribution in [3.05, 3.63) is 146 Å². The number of hydrogen-bond acceptors (Lipinski definition) is 2. The Hall–Kier alpha value is -5.84. The maximum atomic E-state index is 6.48. The molecule has 11 rings (SSSR count). The summed E-state index contributed by atoms with van der Waals surface area (Å²) in [6, 6.07) is 52.8. The number of benzene rings is 7. The standard InChI is InChI=1S/C42H24N2OS/c1-5-13-35-27(9-1)28-10-2-6-14-36(28)43(35)25-17-19-39-31(21-25)32-23-34-33-22-26(18-20-41(33)46-42(34)24-40(32)45-39)44-37-15-7-3-11-29(37)30-12-4-8-16-38(30)44/h1-24H. The van der Waals surface area contributed by atoms with E-state index in [9.17, 15) is 0 Å². The van der Waals surface area contributed by atoms with Crippen molar-refractivity contribution in [3.63, 3.8) is 0 Å². The Morgan fingerprint density at radius 3 is 1.37 bits per heavy atom. The molecule has 7 aromatic carbocycles. The molecule has 0 spiro atoms. The highest BCUT2D eigenvalue weighted by atomic mass is 32.1. The van der Waals surface area contributed by atoms with Gasteiger partial charge in [0, 0.05) is 63.9 Å². The number of aromatic nitrogens is 2. The van der Waals surface area contributed by atoms with E-state index in [0.29, 0.717) is 0 Å². The number of fused-ring (bicyclic) bond motifs is 12. The normalized spacial score (nSPS) is 12.3. The van der Waals surface area contributed by atoms with Crippen molar-refractivity contribution >= 4 is 97.1 Å². The zero-order valence-electron chi connectivity index (χ0n) is 24.6. The van der Waals surface area contributed by atoms with E-state index in [1.54, 1.807) is 0 Å². The third kappa shape index (κ3) is 3.21. The largest absolute Gasteiger partial charge is 0.456 e. The van der Waals surface area contributed by atoms with Crippen molar-refractivity contribution in [2.75, 3.05) is 0 Å². The van der Waals surface area contributed by atoms with E-state index in [2.05, 4.69) is 155 Å². The zero-order valence-corrected chi connectivity index (χ0v) is 25.4. The molecule has 4 aromatic heterocycles. The van der Waals surface area contributed by atoms with E-state index in [1.807, 2.05) is 11.3 Å². The van der Waals surface area contributed by atoms with Gasteiger partial charge in [-0.25, -0.2) is 0 Å². The fourth-order valence-electron chi connectivity index (χ4n) is 7.70. The van der Waals surface area contributed by atoms with Gasteiger partial charge >= 0.3 is 0 Å². The minimum Gasteiger partial charge on any atom is -0.456 e. The first kappa shape index (κ1) is 24.5. The summed E-state index contributed by atoms with van der Waals surface area (Å²) in [4.78, 5) is 0. The number of furan rings is 1. The summed E-state index contributed by atoms with van der Waals surface area (Å²) in [6.07, 6.45) is 0. The molecule has 0 saturated heterocycles. The third-order valence-electron chi connectivity index (χ3n) is 9.70. The van der Waals surface area contributed by atoms with Gasteiger partial charge in [-0.05, 0) is 72.8 Å². The lowest BCUT2D eigenvalue weighted by Gasteiger charge is -2.08. The average molecular weight is 605 g/mol. The van der Waals surface area contributed by atoms with Crippen molar-refractivity contribution in [2.45, 2.75) is 0 Å². The van der Waals surface area contributed by atoms with Crippen LogP contribution in [0.25, 0.3) is 97.1 Å². The van der Waals surface area contributed by atoms with Gasteiger partial charge in [0.05, 0.1) is 22.1 Å². The van der Waals surface area contributed by atoms with E-state index >= 15 is 0 Å². The monoisotopic (exact) mass is 604 g/mol. The Balaban J connectivity index is 1.16. The highest BCUT2D eigenvalue weighted by Gasteiger charge is 2.17. The predicted molar refractivity (Wildman–Crippen MR) is 195 cm³/mol. The fourth-order valence-corrected chi connectivity index (χ4v) is 8.80. The first-order valence-corrected chi connectivity index (χ1v) is 16.4. The highest BCUT2D eigenvalue weighted by Crippen LogP contribution is 2.42. The Kier molecular flexibility index (Phi) is 4.72. The van der Waals surface area contributed by atoms with Gasteiger partial charge in [-0.1, -0.05) is 72.8 Å². The maximum absolute atomic E-state index is 6.48. The smallest absolute Gasteiger partial charge is 0.136 e. The van der Waals surface area contributed by atoms with Gasteiger partial charge in [0.2, 0.25) is 0 Å². The van der Waals surface area contributed by atoms with E-state index in [4.69, 9.17) is 4.42 Å². The molecular formula is C42H24N2OS. The van der Waals surface area contributed by atoms with Crippen LogP contribution in [0, 0.1) is 0 Å². The molecule has 0 bridgehead atoms. The van der Waals surface area contributed by atoms with Crippen molar-refractivity contribution in [3.8, 4) is 11.4 Å². The van der Waals surface area contributed by atoms with Crippen LogP contribution in [0.15, 0.2) is 150 Å². The number of para-hydroxylation sites is 4. The molecule has 0 aliphatic heterocycles. The van der Waals surface area contributed by atoms with Crippen molar-refractivity contribution in [2.24, 2.45) is 0 Å². The second-order valence-electron chi connectivity index (χ2n) is 12.1. The molecule has 0 aliphatic rings. The molecule has 11 aromatic rings. The topological polar surface area (TPSA) is 23.0 Å². The molecule has 3 nitrogen and oxygen atoms in total. The molecule has 0 radical (unpaired) electrons. The van der Waals surface area contributed by atoms with E-state index in [0.717, 1.165) is 27.6 Å². The summed E-state index contributed by atoms with van der Waals surface area (Å²) >= 11 is 1.83. The molecule has 0 aliphatic carbocycles. The van der Waals surface area contributed by atoms with Crippen molar-refractivity contribution in [1.29, 1.82) is 0 Å². The number of rotatable bonds is 2. The molecular weight excluding hydrogens is 581 g/mol. The Labute approximate surface area is 266 Å². The Bertz CT molecular complexity index is 2730. The lowest BCUT2D eigenvalue weighted by molar-refractivity contribution is 0.669. The van der Waals surface area contributed by atoms with Crippen molar-refractivity contribution < 1.29 is 4.42 Å². The highest BCUT2D eigenvalue weighted by molar-refractivity contribution is 7.25. The summed E-state index contributed by atoms with van der Waals surface area (Å²) < 4.78 is 13.8. The molecule has 4 heteroatoms. The number of thiophene rings is 1. The second-order valence-corrected chi connectivity index (χ2v) is 13.2. The summed E-state index contributed by atoms with van der Waals surface area (Å²) in [5, 5.41) is 9.90. The second kappa shape index (κ2) is 8.87. The summed E-state index contributed by atoms with van der Waals surface area (Å²) in [5.41, 5.74) is 9.02. The van der Waals surface area contributed by atoms with Crippen LogP contribution in [-0.4, -0.2) is 9.13 Å². The number of nitrogens with zero attached hydrogens (tertiary/aromatic N) is 2. The molecule has 0 atom stereocenters. The zero-order chi connectivity index (χ0) is 29.9. The van der Waals surface area contributed by atoms with Crippen LogP contribution >= 0.6 is 11.3 Å². The van der Waals surface area contributed by atoms with Gasteiger partial charge in [-0.2, -0.15) is 0 Å². The van der Waals surface area contributed by atoms with Crippen LogP contribution in [-0.2, 0) is 0 Å². The van der Waals surface area contributed by atoms with Gasteiger partial charge in [0.25, 0.3) is 0 Å². The molecule has 0 amide bonds. The minimum atomic E-state index is 0.910. The predicted octanol–water partition coefficient (Wildman–Crippen LogP) is 12.1. The summed E-state index contributed by atoms with van der Waals surface area (Å²) in [6.45, 7) is 0. The fraction of sp³-hybridized carbons (Fsp3) is 0. The maximum Gasteiger partial charge on any atom is 0.136 e. The average Bonchev–Trinajstić information content (AvgIpc) is 3.84. The van der Waals surface area contributed by atoms with Gasteiger partial charge in [0.1, 0.15) is 11.2 Å². The Morgan fingerprint density at radius 1 is 0.348 bits per heavy atom. The van der Waals surface area contributed by atoms with Crippen molar-refractivity contribution in [1.82, 2.24) is 9.13 Å². The van der Waals surface area contributed by atoms with E-state index in [1.165, 1.54) is 69.5 Å². The van der Waals surface area contributed by atoms with Crippen LogP contribution in [0.3, 0.4) is 0 Å². The Morgan fingerprint density at radius 2 is 0.804 bits per heavy atom. The summed E-state index contributed by atoms with van der Waals surface area (Å²) in [7, 11) is 0. The lowest BCUT2D eigenvalue weighted by Crippen LogP contribution is -1.93. The van der Waals surface area contributed by atoms with Crippen LogP contribution in [0.2, 0.25) is 0 Å². The molecule has 214 valence electrons. The van der Waals surface area contributed by atoms with Gasteiger partial charge in [-0.3, -0.25) is 0 Å². The van der Waals surface area contributed by atoms with Crippen LogP contribution in [0.1, 0.15) is 0 Å². The first-order valence-electron chi connectivity index (χ1n) is 15.6. The molecule has 46 heavy (non-hydrogen) atoms. The lowest BCUT2D eigenvalue weighted by atomic mass is 10.1. The molecule has 4 heterocycles. The quantitative estimate of drug-likeness (QED) is 0.192. The number of hydrogen-bond donors (Lipinski definition) is 0. The van der Waals surface area contributed by atoms with E-state index in [-0.39, 0.29) is 0 Å². The SMILES string of the molecule is c1ccc2c(c1)c1ccccc1n2-c1ccc2oc3cc4sc5ccc(-n6c7ccccc7c7ccccc76)cc5c4cc3c2c1.